The number of para-hydroxylation sites is 1. The fourth-order valence-electron chi connectivity index (χ4n) is 4.08. The van der Waals surface area contributed by atoms with E-state index in [0.717, 1.165) is 47.1 Å². The lowest BCUT2D eigenvalue weighted by Gasteiger charge is -2.17. The molecule has 2 aromatic carbocycles. The third kappa shape index (κ3) is 3.49. The Bertz CT molecular complexity index is 1170. The minimum absolute atomic E-state index is 0.0898. The predicted molar refractivity (Wildman–Crippen MR) is 115 cm³/mol. The number of amides is 1. The molecule has 4 heteroatoms. The number of rotatable bonds is 3. The summed E-state index contributed by atoms with van der Waals surface area (Å²) in [5.41, 5.74) is 4.94. The maximum absolute atomic E-state index is 13.1. The maximum atomic E-state index is 13.1. The van der Waals surface area contributed by atoms with Crippen LogP contribution in [0.15, 0.2) is 85.3 Å². The van der Waals surface area contributed by atoms with Gasteiger partial charge in [-0.1, -0.05) is 36.4 Å². The zero-order valence-corrected chi connectivity index (χ0v) is 16.0. The Balaban J connectivity index is 1.38. The minimum Gasteiger partial charge on any atom is -0.338 e. The molecular weight excluding hydrogens is 358 g/mol. The molecule has 5 rings (SSSR count). The Morgan fingerprint density at radius 1 is 0.931 bits per heavy atom. The molecule has 1 amide bonds. The molecule has 0 bridgehead atoms. The largest absolute Gasteiger partial charge is 0.338 e. The van der Waals surface area contributed by atoms with Crippen LogP contribution in [0.2, 0.25) is 0 Å². The van der Waals surface area contributed by atoms with Crippen molar-refractivity contribution in [3.8, 4) is 11.1 Å². The van der Waals surface area contributed by atoms with Gasteiger partial charge in [-0.25, -0.2) is 0 Å². The molecule has 0 aliphatic carbocycles. The monoisotopic (exact) mass is 379 g/mol. The lowest BCUT2D eigenvalue weighted by atomic mass is 10.0. The fraction of sp³-hybridized carbons (Fsp3) is 0.160. The Hall–Kier alpha value is -3.53. The van der Waals surface area contributed by atoms with Crippen molar-refractivity contribution in [1.29, 1.82) is 0 Å². The Morgan fingerprint density at radius 2 is 1.86 bits per heavy atom. The lowest BCUT2D eigenvalue weighted by molar-refractivity contribution is 0.0791. The molecule has 1 saturated heterocycles. The highest BCUT2D eigenvalue weighted by Crippen LogP contribution is 2.29. The average Bonchev–Trinajstić information content (AvgIpc) is 3.29. The Morgan fingerprint density at radius 3 is 2.76 bits per heavy atom. The first-order valence-corrected chi connectivity index (χ1v) is 9.92. The summed E-state index contributed by atoms with van der Waals surface area (Å²) in [4.78, 5) is 23.8. The number of pyridine rings is 2. The van der Waals surface area contributed by atoms with Gasteiger partial charge in [0.25, 0.3) is 5.91 Å². The number of carbonyl (C=O) groups excluding carboxylic acids is 1. The van der Waals surface area contributed by atoms with Gasteiger partial charge in [0, 0.05) is 54.1 Å². The summed E-state index contributed by atoms with van der Waals surface area (Å²) in [6, 6.07) is 22.1. The van der Waals surface area contributed by atoms with Gasteiger partial charge in [-0.15, -0.1) is 0 Å². The van der Waals surface area contributed by atoms with E-state index in [1.165, 1.54) is 5.56 Å². The van der Waals surface area contributed by atoms with Gasteiger partial charge < -0.3 is 4.90 Å². The highest BCUT2D eigenvalue weighted by molar-refractivity contribution is 5.96. The molecule has 0 saturated carbocycles. The molecule has 1 aliphatic rings. The second-order valence-electron chi connectivity index (χ2n) is 7.52. The molecule has 0 radical (unpaired) electrons. The summed E-state index contributed by atoms with van der Waals surface area (Å²) in [5, 5.41) is 1.10. The first-order chi connectivity index (χ1) is 14.3. The molecule has 4 aromatic rings. The third-order valence-electron chi connectivity index (χ3n) is 5.66. The van der Waals surface area contributed by atoms with Crippen LogP contribution < -0.4 is 0 Å². The van der Waals surface area contributed by atoms with Crippen molar-refractivity contribution < 1.29 is 4.79 Å². The number of hydrogen-bond donors (Lipinski definition) is 0. The van der Waals surface area contributed by atoms with Crippen LogP contribution in [-0.4, -0.2) is 33.9 Å². The predicted octanol–water partition coefficient (Wildman–Crippen LogP) is 4.93. The van der Waals surface area contributed by atoms with Gasteiger partial charge in [0.1, 0.15) is 0 Å². The van der Waals surface area contributed by atoms with Crippen LogP contribution in [0.4, 0.5) is 0 Å². The van der Waals surface area contributed by atoms with Crippen LogP contribution in [-0.2, 0) is 0 Å². The van der Waals surface area contributed by atoms with Gasteiger partial charge in [0.05, 0.1) is 5.52 Å². The Labute approximate surface area is 169 Å². The number of benzene rings is 2. The molecule has 1 unspecified atom stereocenters. The quantitative estimate of drug-likeness (QED) is 0.507. The van der Waals surface area contributed by atoms with Gasteiger partial charge in [-0.2, -0.15) is 0 Å². The third-order valence-corrected chi connectivity index (χ3v) is 5.66. The molecule has 29 heavy (non-hydrogen) atoms. The molecule has 3 heterocycles. The highest BCUT2D eigenvalue weighted by atomic mass is 16.2. The van der Waals surface area contributed by atoms with E-state index in [1.807, 2.05) is 65.8 Å². The van der Waals surface area contributed by atoms with Crippen molar-refractivity contribution in [1.82, 2.24) is 14.9 Å². The molecule has 1 atom stereocenters. The van der Waals surface area contributed by atoms with Crippen molar-refractivity contribution in [3.63, 3.8) is 0 Å². The molecule has 4 nitrogen and oxygen atoms in total. The normalized spacial score (nSPS) is 16.3. The fourth-order valence-corrected chi connectivity index (χ4v) is 4.08. The summed E-state index contributed by atoms with van der Waals surface area (Å²) in [5.74, 6) is 0.451. The van der Waals surface area contributed by atoms with Crippen molar-refractivity contribution >= 4 is 16.8 Å². The maximum Gasteiger partial charge on any atom is 0.253 e. The van der Waals surface area contributed by atoms with Gasteiger partial charge in [0.2, 0.25) is 0 Å². The minimum atomic E-state index is 0.0898. The van der Waals surface area contributed by atoms with Crippen LogP contribution >= 0.6 is 0 Å². The van der Waals surface area contributed by atoms with Gasteiger partial charge >= 0.3 is 0 Å². The summed E-state index contributed by atoms with van der Waals surface area (Å²) in [7, 11) is 0. The topological polar surface area (TPSA) is 46.1 Å². The number of likely N-dealkylation sites (tertiary alicyclic amines) is 1. The van der Waals surface area contributed by atoms with E-state index < -0.39 is 0 Å². The van der Waals surface area contributed by atoms with Crippen LogP contribution in [0, 0.1) is 0 Å². The molecule has 1 fully saturated rings. The van der Waals surface area contributed by atoms with E-state index in [1.54, 1.807) is 6.20 Å². The van der Waals surface area contributed by atoms with E-state index >= 15 is 0 Å². The van der Waals surface area contributed by atoms with Gasteiger partial charge in [0.15, 0.2) is 0 Å². The van der Waals surface area contributed by atoms with Crippen LogP contribution in [0.25, 0.3) is 22.0 Å². The number of hydrogen-bond acceptors (Lipinski definition) is 3. The first-order valence-electron chi connectivity index (χ1n) is 9.92. The zero-order chi connectivity index (χ0) is 19.6. The first kappa shape index (κ1) is 17.6. The van der Waals surface area contributed by atoms with Crippen molar-refractivity contribution in [2.24, 2.45) is 0 Å². The zero-order valence-electron chi connectivity index (χ0n) is 16.0. The molecule has 1 aliphatic heterocycles. The van der Waals surface area contributed by atoms with E-state index in [9.17, 15) is 4.79 Å². The van der Waals surface area contributed by atoms with Gasteiger partial charge in [-0.05, 0) is 47.9 Å². The second kappa shape index (κ2) is 7.47. The van der Waals surface area contributed by atoms with Crippen molar-refractivity contribution in [2.45, 2.75) is 12.3 Å². The van der Waals surface area contributed by atoms with E-state index in [2.05, 4.69) is 28.2 Å². The Kier molecular flexibility index (Phi) is 4.53. The van der Waals surface area contributed by atoms with Crippen LogP contribution in [0.1, 0.15) is 28.3 Å². The van der Waals surface area contributed by atoms with Gasteiger partial charge in [-0.3, -0.25) is 14.8 Å². The SMILES string of the molecule is O=C(c1cccc(-c2cnc3ccccc3c2)c1)N1CCC(c2cccnc2)C1. The summed E-state index contributed by atoms with van der Waals surface area (Å²) < 4.78 is 0. The van der Waals surface area contributed by atoms with Crippen molar-refractivity contribution in [2.75, 3.05) is 13.1 Å². The van der Waals surface area contributed by atoms with Crippen LogP contribution in [0.3, 0.4) is 0 Å². The lowest BCUT2D eigenvalue weighted by Crippen LogP contribution is -2.28. The highest BCUT2D eigenvalue weighted by Gasteiger charge is 2.28. The van der Waals surface area contributed by atoms with Crippen LogP contribution in [0.5, 0.6) is 0 Å². The van der Waals surface area contributed by atoms with E-state index in [0.29, 0.717) is 5.92 Å². The number of aromatic nitrogens is 2. The summed E-state index contributed by atoms with van der Waals surface area (Å²) in [6.07, 6.45) is 6.55. The average molecular weight is 379 g/mol. The molecule has 142 valence electrons. The number of nitrogens with zero attached hydrogens (tertiary/aromatic N) is 3. The number of fused-ring (bicyclic) bond motifs is 1. The summed E-state index contributed by atoms with van der Waals surface area (Å²) >= 11 is 0. The standard InChI is InChI=1S/C25H21N3O/c29-25(28-12-10-22(17-28)21-8-4-11-26-15-21)20-7-3-6-18(13-20)23-14-19-5-1-2-9-24(19)27-16-23/h1-9,11,13-16,22H,10,12,17H2. The molecule has 2 aromatic heterocycles. The molecule has 0 N–H and O–H groups in total. The molecular formula is C25H21N3O. The van der Waals surface area contributed by atoms with E-state index in [-0.39, 0.29) is 5.91 Å². The van der Waals surface area contributed by atoms with E-state index in [4.69, 9.17) is 0 Å². The number of carbonyl (C=O) groups is 1. The van der Waals surface area contributed by atoms with Crippen molar-refractivity contribution in [3.05, 3.63) is 96.4 Å². The molecule has 0 spiro atoms. The summed E-state index contributed by atoms with van der Waals surface area (Å²) in [6.45, 7) is 1.52. The second-order valence-corrected chi connectivity index (χ2v) is 7.52. The smallest absolute Gasteiger partial charge is 0.253 e.